The molecule has 1 unspecified atom stereocenters. The molecule has 0 saturated carbocycles. The van der Waals surface area contributed by atoms with Crippen molar-refractivity contribution in [2.24, 2.45) is 5.73 Å². The number of quaternary nitrogens is 1. The van der Waals surface area contributed by atoms with Gasteiger partial charge in [-0.2, -0.15) is 0 Å². The molecule has 4 heteroatoms. The lowest BCUT2D eigenvalue weighted by atomic mass is 10.0. The molecule has 2 nitrogen and oxygen atoms in total. The van der Waals surface area contributed by atoms with Crippen LogP contribution in [0.3, 0.4) is 0 Å². The molecule has 0 saturated heterocycles. The van der Waals surface area contributed by atoms with Gasteiger partial charge in [0.05, 0.1) is 26.7 Å². The van der Waals surface area contributed by atoms with Gasteiger partial charge < -0.3 is 22.6 Å². The largest absolute Gasteiger partial charge is 1.00 e. The standard InChI is InChI=1S/C19H26BrN2.ClH/c1-4-15-5-9-17(10-6-15)19(21)14-22(2,3)13-16-7-11-18(20)12-8-16;/h5-12,19H,4,13-14,21H2,1-3H3;1H/q+1;/p-1. The van der Waals surface area contributed by atoms with Crippen molar-refractivity contribution in [3.8, 4) is 0 Å². The molecule has 0 heterocycles. The van der Waals surface area contributed by atoms with E-state index in [0.717, 1.165) is 28.5 Å². The number of hydrogen-bond acceptors (Lipinski definition) is 1. The second-order valence-corrected chi connectivity index (χ2v) is 7.52. The molecule has 23 heavy (non-hydrogen) atoms. The number of aryl methyl sites for hydroxylation is 1. The first-order valence-corrected chi connectivity index (χ1v) is 8.60. The fourth-order valence-corrected chi connectivity index (χ4v) is 3.05. The summed E-state index contributed by atoms with van der Waals surface area (Å²) in [5, 5.41) is 0. The van der Waals surface area contributed by atoms with E-state index < -0.39 is 0 Å². The Morgan fingerprint density at radius 1 is 0.957 bits per heavy atom. The van der Waals surface area contributed by atoms with Crippen LogP contribution in [0.15, 0.2) is 53.0 Å². The summed E-state index contributed by atoms with van der Waals surface area (Å²) in [5.41, 5.74) is 10.3. The Labute approximate surface area is 154 Å². The van der Waals surface area contributed by atoms with E-state index in [1.807, 2.05) is 0 Å². The Kier molecular flexibility index (Phi) is 7.75. The Balaban J connectivity index is 0.00000264. The normalized spacial score (nSPS) is 12.6. The van der Waals surface area contributed by atoms with Gasteiger partial charge in [0, 0.05) is 10.0 Å². The van der Waals surface area contributed by atoms with Crippen LogP contribution in [0.2, 0.25) is 0 Å². The maximum Gasteiger partial charge on any atom is 0.104 e. The van der Waals surface area contributed by atoms with Gasteiger partial charge in [-0.25, -0.2) is 0 Å². The number of nitrogens with zero attached hydrogens (tertiary/aromatic N) is 1. The van der Waals surface area contributed by atoms with Gasteiger partial charge in [-0.3, -0.25) is 0 Å². The minimum absolute atomic E-state index is 0. The van der Waals surface area contributed by atoms with Crippen molar-refractivity contribution in [3.05, 3.63) is 69.7 Å². The molecule has 2 aromatic carbocycles. The molecule has 0 aliphatic carbocycles. The summed E-state index contributed by atoms with van der Waals surface area (Å²) >= 11 is 3.48. The summed E-state index contributed by atoms with van der Waals surface area (Å²) in [6.45, 7) is 4.07. The summed E-state index contributed by atoms with van der Waals surface area (Å²) in [6, 6.07) is 17.3. The number of rotatable bonds is 6. The average molecular weight is 398 g/mol. The first kappa shape index (κ1) is 20.2. The molecule has 0 bridgehead atoms. The number of hydrogen-bond donors (Lipinski definition) is 1. The zero-order chi connectivity index (χ0) is 16.2. The van der Waals surface area contributed by atoms with Gasteiger partial charge in [0.2, 0.25) is 0 Å². The van der Waals surface area contributed by atoms with Gasteiger partial charge in [-0.1, -0.05) is 59.3 Å². The van der Waals surface area contributed by atoms with Crippen LogP contribution in [0.1, 0.15) is 29.7 Å². The molecule has 0 amide bonds. The third-order valence-electron chi connectivity index (χ3n) is 4.03. The molecule has 2 aromatic rings. The van der Waals surface area contributed by atoms with Gasteiger partial charge in [-0.15, -0.1) is 0 Å². The number of nitrogens with two attached hydrogens (primary N) is 1. The lowest BCUT2D eigenvalue weighted by Crippen LogP contribution is -3.00. The summed E-state index contributed by atoms with van der Waals surface area (Å²) in [6.07, 6.45) is 1.07. The molecule has 0 fully saturated rings. The SMILES string of the molecule is CCc1ccc(C(N)C[N+](C)(C)Cc2ccc(Br)cc2)cc1.[Cl-]. The highest BCUT2D eigenvalue weighted by Crippen LogP contribution is 2.19. The predicted octanol–water partition coefficient (Wildman–Crippen LogP) is 1.29. The molecule has 126 valence electrons. The maximum absolute atomic E-state index is 6.43. The van der Waals surface area contributed by atoms with Gasteiger partial charge in [0.1, 0.15) is 6.54 Å². The highest BCUT2D eigenvalue weighted by atomic mass is 79.9. The summed E-state index contributed by atoms with van der Waals surface area (Å²) in [7, 11) is 4.48. The van der Waals surface area contributed by atoms with E-state index in [1.54, 1.807) is 0 Å². The zero-order valence-electron chi connectivity index (χ0n) is 14.1. The molecule has 2 N–H and O–H groups in total. The Hall–Kier alpha value is -0.870. The highest BCUT2D eigenvalue weighted by Gasteiger charge is 2.21. The minimum atomic E-state index is 0. The van der Waals surface area contributed by atoms with Crippen molar-refractivity contribution in [3.63, 3.8) is 0 Å². The van der Waals surface area contributed by atoms with Crippen molar-refractivity contribution >= 4 is 15.9 Å². The average Bonchev–Trinajstić information content (AvgIpc) is 2.49. The van der Waals surface area contributed by atoms with Gasteiger partial charge in [0.15, 0.2) is 0 Å². The topological polar surface area (TPSA) is 26.0 Å². The van der Waals surface area contributed by atoms with Crippen LogP contribution < -0.4 is 18.1 Å². The maximum atomic E-state index is 6.43. The first-order chi connectivity index (χ1) is 10.4. The quantitative estimate of drug-likeness (QED) is 0.731. The van der Waals surface area contributed by atoms with Crippen LogP contribution >= 0.6 is 15.9 Å². The smallest absolute Gasteiger partial charge is 0.104 e. The Morgan fingerprint density at radius 3 is 2.00 bits per heavy atom. The summed E-state index contributed by atoms with van der Waals surface area (Å²) < 4.78 is 1.99. The molecule has 0 aromatic heterocycles. The zero-order valence-corrected chi connectivity index (χ0v) is 16.4. The number of benzene rings is 2. The lowest BCUT2D eigenvalue weighted by molar-refractivity contribution is -0.905. The fourth-order valence-electron chi connectivity index (χ4n) is 2.79. The molecular formula is C19H26BrClN2. The second-order valence-electron chi connectivity index (χ2n) is 6.60. The molecule has 0 spiro atoms. The molecule has 0 aliphatic rings. The van der Waals surface area contributed by atoms with Crippen LogP contribution in [0.25, 0.3) is 0 Å². The first-order valence-electron chi connectivity index (χ1n) is 7.80. The van der Waals surface area contributed by atoms with Crippen molar-refractivity contribution < 1.29 is 16.9 Å². The van der Waals surface area contributed by atoms with Crippen molar-refractivity contribution in [2.45, 2.75) is 25.9 Å². The van der Waals surface area contributed by atoms with Gasteiger partial charge >= 0.3 is 0 Å². The highest BCUT2D eigenvalue weighted by molar-refractivity contribution is 9.10. The van der Waals surface area contributed by atoms with Crippen molar-refractivity contribution in [1.29, 1.82) is 0 Å². The minimum Gasteiger partial charge on any atom is -1.00 e. The van der Waals surface area contributed by atoms with E-state index in [9.17, 15) is 0 Å². The van der Waals surface area contributed by atoms with Gasteiger partial charge in [-0.05, 0) is 29.7 Å². The van der Waals surface area contributed by atoms with Gasteiger partial charge in [0.25, 0.3) is 0 Å². The van der Waals surface area contributed by atoms with E-state index in [0.29, 0.717) is 0 Å². The Morgan fingerprint density at radius 2 is 1.48 bits per heavy atom. The van der Waals surface area contributed by atoms with E-state index in [1.165, 1.54) is 16.7 Å². The third-order valence-corrected chi connectivity index (χ3v) is 4.56. The van der Waals surface area contributed by atoms with Crippen molar-refractivity contribution in [1.82, 2.24) is 0 Å². The van der Waals surface area contributed by atoms with E-state index >= 15 is 0 Å². The van der Waals surface area contributed by atoms with Crippen LogP contribution in [-0.2, 0) is 13.0 Å². The molecule has 0 aliphatic heterocycles. The number of halogens is 2. The van der Waals surface area contributed by atoms with Crippen molar-refractivity contribution in [2.75, 3.05) is 20.6 Å². The molecular weight excluding hydrogens is 372 g/mol. The third kappa shape index (κ3) is 6.27. The van der Waals surface area contributed by atoms with Crippen LogP contribution in [0.5, 0.6) is 0 Å². The fraction of sp³-hybridized carbons (Fsp3) is 0.368. The molecule has 2 rings (SSSR count). The lowest BCUT2D eigenvalue weighted by Gasteiger charge is -2.32. The van der Waals surface area contributed by atoms with E-state index in [4.69, 9.17) is 5.73 Å². The van der Waals surface area contributed by atoms with E-state index in [-0.39, 0.29) is 18.4 Å². The van der Waals surface area contributed by atoms with Crippen LogP contribution in [0.4, 0.5) is 0 Å². The van der Waals surface area contributed by atoms with Crippen LogP contribution in [-0.4, -0.2) is 25.1 Å². The number of likely N-dealkylation sites (N-methyl/N-ethyl adjacent to an activating group) is 1. The Bertz CT molecular complexity index is 594. The second kappa shape index (κ2) is 8.84. The van der Waals surface area contributed by atoms with E-state index in [2.05, 4.69) is 85.5 Å². The predicted molar refractivity (Wildman–Crippen MR) is 97.6 cm³/mol. The summed E-state index contributed by atoms with van der Waals surface area (Å²) in [5.74, 6) is 0. The molecule has 0 radical (unpaired) electrons. The van der Waals surface area contributed by atoms with Crippen LogP contribution in [0, 0.1) is 0 Å². The summed E-state index contributed by atoms with van der Waals surface area (Å²) in [4.78, 5) is 0. The molecule has 1 atom stereocenters. The monoisotopic (exact) mass is 396 g/mol.